The van der Waals surface area contributed by atoms with Gasteiger partial charge in [0.05, 0.1) is 33.9 Å². The number of rotatable bonds is 9. The molecule has 0 spiro atoms. The number of aryl methyl sites for hydroxylation is 1. The van der Waals surface area contributed by atoms with E-state index in [0.29, 0.717) is 12.1 Å². The van der Waals surface area contributed by atoms with E-state index in [1.165, 1.54) is 12.1 Å². The van der Waals surface area contributed by atoms with Crippen LogP contribution < -0.4 is 10.6 Å². The predicted molar refractivity (Wildman–Crippen MR) is 187 cm³/mol. The highest BCUT2D eigenvalue weighted by Crippen LogP contribution is 2.32. The number of fused-ring (bicyclic) bond motifs is 1. The first-order valence-corrected chi connectivity index (χ1v) is 16.1. The smallest absolute Gasteiger partial charge is 0.335 e. The molecule has 5 aromatic rings. The van der Waals surface area contributed by atoms with E-state index < -0.39 is 11.9 Å². The van der Waals surface area contributed by atoms with Gasteiger partial charge in [0.1, 0.15) is 0 Å². The second-order valence-electron chi connectivity index (χ2n) is 11.7. The highest BCUT2D eigenvalue weighted by atomic mass is 16.4. The topological polar surface area (TPSA) is 132 Å². The van der Waals surface area contributed by atoms with Gasteiger partial charge in [0.25, 0.3) is 5.91 Å². The summed E-state index contributed by atoms with van der Waals surface area (Å²) in [6, 6.07) is 32.4. The normalized spacial score (nSPS) is 13.6. The zero-order chi connectivity index (χ0) is 34.0. The molecule has 0 aliphatic carbocycles. The molecule has 1 saturated heterocycles. The van der Waals surface area contributed by atoms with Crippen molar-refractivity contribution < 1.29 is 24.6 Å². The molecule has 1 amide bonds. The van der Waals surface area contributed by atoms with Gasteiger partial charge in [-0.25, -0.2) is 14.6 Å². The van der Waals surface area contributed by atoms with Crippen LogP contribution in [-0.4, -0.2) is 64.1 Å². The lowest BCUT2D eigenvalue weighted by Gasteiger charge is -2.29. The molecule has 1 aromatic heterocycles. The van der Waals surface area contributed by atoms with Crippen LogP contribution in [-0.2, 0) is 6.54 Å². The van der Waals surface area contributed by atoms with Crippen LogP contribution in [0.1, 0.15) is 67.2 Å². The molecule has 4 N–H and O–H groups in total. The van der Waals surface area contributed by atoms with E-state index in [1.807, 2.05) is 60.7 Å². The van der Waals surface area contributed by atoms with Gasteiger partial charge in [-0.05, 0) is 42.7 Å². The largest absolute Gasteiger partial charge is 0.478 e. The standard InChI is InChI=1S/C30H32N4O.C9H8O4/c1-2-26(22-11-5-3-6-12-22)33-30(35)28-24-15-9-10-16-27(24)32-29(23-13-7-4-8-14-23)25(28)21-34-19-17-31-18-20-34;1-5-2-3-6(8(10)11)4-7(5)9(12)13/h3-16,26,31H,2,17-21H2,1H3,(H,33,35);2-4H,1H3,(H,10,11)(H,12,13). The summed E-state index contributed by atoms with van der Waals surface area (Å²) in [5.74, 6) is -2.27. The molecule has 1 aliphatic heterocycles. The Kier molecular flexibility index (Phi) is 11.3. The number of carbonyl (C=O) groups is 3. The summed E-state index contributed by atoms with van der Waals surface area (Å²) in [5, 5.41) is 24.9. The van der Waals surface area contributed by atoms with Gasteiger partial charge >= 0.3 is 11.9 Å². The molecule has 9 heteroatoms. The fourth-order valence-corrected chi connectivity index (χ4v) is 5.91. The van der Waals surface area contributed by atoms with Gasteiger partial charge in [-0.15, -0.1) is 0 Å². The number of hydrogen-bond acceptors (Lipinski definition) is 6. The number of carbonyl (C=O) groups excluding carboxylic acids is 1. The van der Waals surface area contributed by atoms with Crippen molar-refractivity contribution in [3.8, 4) is 11.3 Å². The summed E-state index contributed by atoms with van der Waals surface area (Å²) >= 11 is 0. The second-order valence-corrected chi connectivity index (χ2v) is 11.7. The van der Waals surface area contributed by atoms with Crippen LogP contribution in [0.2, 0.25) is 0 Å². The van der Waals surface area contributed by atoms with E-state index >= 15 is 0 Å². The van der Waals surface area contributed by atoms with Crippen LogP contribution in [0.15, 0.2) is 103 Å². The fourth-order valence-electron chi connectivity index (χ4n) is 5.91. The van der Waals surface area contributed by atoms with Gasteiger partial charge in [0.2, 0.25) is 0 Å². The van der Waals surface area contributed by atoms with E-state index in [1.54, 1.807) is 6.92 Å². The first-order chi connectivity index (χ1) is 23.3. The maximum atomic E-state index is 14.1. The lowest BCUT2D eigenvalue weighted by Crippen LogP contribution is -2.43. The Morgan fingerprint density at radius 1 is 0.854 bits per heavy atom. The number of carboxylic acids is 2. The molecule has 1 unspecified atom stereocenters. The number of nitrogens with one attached hydrogen (secondary N) is 2. The van der Waals surface area contributed by atoms with E-state index in [2.05, 4.69) is 46.7 Å². The molecular weight excluding hydrogens is 604 g/mol. The number of para-hydroxylation sites is 1. The number of hydrogen-bond donors (Lipinski definition) is 4. The molecule has 9 nitrogen and oxygen atoms in total. The number of pyridine rings is 1. The van der Waals surface area contributed by atoms with Gasteiger partial charge in [-0.2, -0.15) is 0 Å². The Morgan fingerprint density at radius 3 is 2.15 bits per heavy atom. The number of nitrogens with zero attached hydrogens (tertiary/aromatic N) is 2. The van der Waals surface area contributed by atoms with Gasteiger partial charge in [0.15, 0.2) is 0 Å². The third kappa shape index (κ3) is 8.12. The van der Waals surface area contributed by atoms with Crippen molar-refractivity contribution in [3.63, 3.8) is 0 Å². The van der Waals surface area contributed by atoms with Gasteiger partial charge in [-0.1, -0.05) is 91.9 Å². The molecule has 246 valence electrons. The second kappa shape index (κ2) is 15.9. The summed E-state index contributed by atoms with van der Waals surface area (Å²) in [4.78, 5) is 42.7. The molecule has 1 atom stereocenters. The molecule has 1 aliphatic rings. The van der Waals surface area contributed by atoms with Crippen LogP contribution in [0.25, 0.3) is 22.2 Å². The van der Waals surface area contributed by atoms with E-state index in [9.17, 15) is 14.4 Å². The number of aromatic nitrogens is 1. The molecule has 48 heavy (non-hydrogen) atoms. The Morgan fingerprint density at radius 2 is 1.50 bits per heavy atom. The van der Waals surface area contributed by atoms with Crippen LogP contribution in [0.4, 0.5) is 0 Å². The highest BCUT2D eigenvalue weighted by molar-refractivity contribution is 6.09. The lowest BCUT2D eigenvalue weighted by atomic mass is 9.94. The quantitative estimate of drug-likeness (QED) is 0.142. The van der Waals surface area contributed by atoms with Crippen molar-refractivity contribution in [3.05, 3.63) is 137 Å². The monoisotopic (exact) mass is 644 g/mol. The van der Waals surface area contributed by atoms with Crippen molar-refractivity contribution in [1.82, 2.24) is 20.5 Å². The number of aromatic carboxylic acids is 2. The first kappa shape index (κ1) is 34.0. The highest BCUT2D eigenvalue weighted by Gasteiger charge is 2.25. The molecule has 0 saturated carbocycles. The minimum Gasteiger partial charge on any atom is -0.478 e. The predicted octanol–water partition coefficient (Wildman–Crippen LogP) is 6.58. The first-order valence-electron chi connectivity index (χ1n) is 16.1. The van der Waals surface area contributed by atoms with Crippen molar-refractivity contribution in [2.45, 2.75) is 32.9 Å². The number of benzene rings is 4. The van der Waals surface area contributed by atoms with Crippen molar-refractivity contribution in [2.75, 3.05) is 26.2 Å². The summed E-state index contributed by atoms with van der Waals surface area (Å²) in [6.45, 7) is 8.22. The van der Waals surface area contributed by atoms with Crippen molar-refractivity contribution in [2.24, 2.45) is 0 Å². The van der Waals surface area contributed by atoms with Crippen LogP contribution >= 0.6 is 0 Å². The maximum absolute atomic E-state index is 14.1. The molecule has 2 heterocycles. The number of piperazine rings is 1. The van der Waals surface area contributed by atoms with E-state index in [0.717, 1.165) is 77.5 Å². The Balaban J connectivity index is 0.000000292. The Hall–Kier alpha value is -5.38. The minimum atomic E-state index is -1.12. The maximum Gasteiger partial charge on any atom is 0.335 e. The summed E-state index contributed by atoms with van der Waals surface area (Å²) < 4.78 is 0. The molecule has 1 fully saturated rings. The molecule has 0 radical (unpaired) electrons. The zero-order valence-electron chi connectivity index (χ0n) is 27.1. The lowest BCUT2D eigenvalue weighted by molar-refractivity contribution is 0.0695. The van der Waals surface area contributed by atoms with Crippen LogP contribution in [0.5, 0.6) is 0 Å². The van der Waals surface area contributed by atoms with E-state index in [4.69, 9.17) is 15.2 Å². The minimum absolute atomic E-state index is 0.0111. The van der Waals surface area contributed by atoms with Crippen LogP contribution in [0, 0.1) is 6.92 Å². The SMILES string of the molecule is CCC(NC(=O)c1c(CN2CCNCC2)c(-c2ccccc2)nc2ccccc12)c1ccccc1.Cc1ccc(C(=O)O)cc1C(=O)O. The summed E-state index contributed by atoms with van der Waals surface area (Å²) in [7, 11) is 0. The van der Waals surface area contributed by atoms with E-state index in [-0.39, 0.29) is 23.1 Å². The average molecular weight is 645 g/mol. The third-order valence-electron chi connectivity index (χ3n) is 8.49. The molecule has 6 rings (SSSR count). The molecule has 0 bridgehead atoms. The van der Waals surface area contributed by atoms with Gasteiger partial charge in [-0.3, -0.25) is 9.69 Å². The number of carboxylic acid groups (broad SMARTS) is 2. The number of amides is 1. The fraction of sp³-hybridized carbons (Fsp3) is 0.231. The zero-order valence-corrected chi connectivity index (χ0v) is 27.1. The van der Waals surface area contributed by atoms with Gasteiger partial charge < -0.3 is 20.8 Å². The molecular formula is C39H40N4O5. The average Bonchev–Trinajstić information content (AvgIpc) is 3.11. The summed E-state index contributed by atoms with van der Waals surface area (Å²) in [5.41, 5.74) is 6.19. The van der Waals surface area contributed by atoms with Crippen molar-refractivity contribution in [1.29, 1.82) is 0 Å². The van der Waals surface area contributed by atoms with Crippen molar-refractivity contribution >= 4 is 28.7 Å². The Labute approximate surface area is 280 Å². The summed E-state index contributed by atoms with van der Waals surface area (Å²) in [6.07, 6.45) is 0.817. The van der Waals surface area contributed by atoms with Crippen LogP contribution in [0.3, 0.4) is 0 Å². The third-order valence-corrected chi connectivity index (χ3v) is 8.49. The Bertz CT molecular complexity index is 1890. The van der Waals surface area contributed by atoms with Gasteiger partial charge in [0, 0.05) is 49.2 Å². The molecule has 4 aromatic carbocycles.